The Hall–Kier alpha value is -1.75. The average molecular weight is 274 g/mol. The number of carbonyl (C=O) groups is 1. The van der Waals surface area contributed by atoms with Crippen LogP contribution in [0.25, 0.3) is 0 Å². The molecule has 0 amide bonds. The van der Waals surface area contributed by atoms with Crippen molar-refractivity contribution in [2.24, 2.45) is 0 Å². The lowest BCUT2D eigenvalue weighted by Crippen LogP contribution is -2.28. The highest BCUT2D eigenvalue weighted by molar-refractivity contribution is 7.09. The van der Waals surface area contributed by atoms with Crippen molar-refractivity contribution in [1.29, 1.82) is 0 Å². The van der Waals surface area contributed by atoms with E-state index in [-0.39, 0.29) is 11.3 Å². The van der Waals surface area contributed by atoms with Crippen molar-refractivity contribution in [3.05, 3.63) is 49.8 Å². The first-order valence-electron chi connectivity index (χ1n) is 6.32. The van der Waals surface area contributed by atoms with E-state index in [1.54, 1.807) is 22.0 Å². The lowest BCUT2D eigenvalue weighted by molar-refractivity contribution is 0.0970. The molecule has 0 atom stereocenters. The van der Waals surface area contributed by atoms with Crippen LogP contribution in [0.1, 0.15) is 39.6 Å². The summed E-state index contributed by atoms with van der Waals surface area (Å²) in [6.45, 7) is 2.40. The zero-order valence-corrected chi connectivity index (χ0v) is 11.5. The van der Waals surface area contributed by atoms with Crippen LogP contribution in [0.3, 0.4) is 0 Å². The summed E-state index contributed by atoms with van der Waals surface area (Å²) in [4.78, 5) is 28.3. The van der Waals surface area contributed by atoms with Gasteiger partial charge in [-0.1, -0.05) is 0 Å². The zero-order chi connectivity index (χ0) is 13.4. The number of thiazole rings is 1. The third kappa shape index (κ3) is 2.26. The van der Waals surface area contributed by atoms with E-state index in [1.165, 1.54) is 6.07 Å². The molecule has 5 heteroatoms. The first-order chi connectivity index (χ1) is 9.15. The smallest absolute Gasteiger partial charge is 0.251 e. The average Bonchev–Trinajstić information content (AvgIpc) is 2.79. The maximum Gasteiger partial charge on any atom is 0.251 e. The number of carbonyl (C=O) groups excluding carboxylic acids is 1. The van der Waals surface area contributed by atoms with Gasteiger partial charge >= 0.3 is 0 Å². The highest BCUT2D eigenvalue weighted by Crippen LogP contribution is 2.20. The second-order valence-corrected chi connectivity index (χ2v) is 5.81. The van der Waals surface area contributed by atoms with Crippen molar-refractivity contribution in [1.82, 2.24) is 9.55 Å². The van der Waals surface area contributed by atoms with Crippen molar-refractivity contribution < 1.29 is 4.79 Å². The Balaban J connectivity index is 2.07. The molecule has 2 aromatic rings. The van der Waals surface area contributed by atoms with Gasteiger partial charge in [-0.3, -0.25) is 9.59 Å². The monoisotopic (exact) mass is 274 g/mol. The molecule has 0 saturated carbocycles. The number of ketones is 1. The second kappa shape index (κ2) is 4.74. The molecule has 1 aliphatic carbocycles. The van der Waals surface area contributed by atoms with E-state index in [2.05, 4.69) is 4.98 Å². The Morgan fingerprint density at radius 2 is 2.16 bits per heavy atom. The van der Waals surface area contributed by atoms with Crippen molar-refractivity contribution in [3.8, 4) is 0 Å². The largest absolute Gasteiger partial charge is 0.306 e. The fourth-order valence-electron chi connectivity index (χ4n) is 2.51. The molecule has 0 aliphatic heterocycles. The Morgan fingerprint density at radius 1 is 1.32 bits per heavy atom. The quantitative estimate of drug-likeness (QED) is 0.843. The lowest BCUT2D eigenvalue weighted by atomic mass is 9.94. The minimum absolute atomic E-state index is 0.0564. The Labute approximate surface area is 114 Å². The standard InChI is InChI=1S/C14H14N2O2S/c1-9-15-10(8-19-9)7-16-12-3-2-4-13(17)11(12)5-6-14(16)18/h5-6,8H,2-4,7H2,1H3. The summed E-state index contributed by atoms with van der Waals surface area (Å²) >= 11 is 1.57. The maximum atomic E-state index is 12.0. The molecule has 0 spiro atoms. The first-order valence-corrected chi connectivity index (χ1v) is 7.20. The summed E-state index contributed by atoms with van der Waals surface area (Å²) in [7, 11) is 0. The van der Waals surface area contributed by atoms with E-state index in [0.717, 1.165) is 29.2 Å². The second-order valence-electron chi connectivity index (χ2n) is 4.75. The van der Waals surface area contributed by atoms with E-state index in [0.29, 0.717) is 18.5 Å². The summed E-state index contributed by atoms with van der Waals surface area (Å²) < 4.78 is 1.70. The highest BCUT2D eigenvalue weighted by Gasteiger charge is 2.20. The summed E-state index contributed by atoms with van der Waals surface area (Å²) in [5.74, 6) is 0.143. The SMILES string of the molecule is Cc1nc(Cn2c3c(ccc2=O)C(=O)CCC3)cs1. The van der Waals surface area contributed by atoms with Crippen LogP contribution in [0.5, 0.6) is 0 Å². The molecule has 98 valence electrons. The van der Waals surface area contributed by atoms with Gasteiger partial charge in [-0.05, 0) is 25.8 Å². The minimum Gasteiger partial charge on any atom is -0.306 e. The van der Waals surface area contributed by atoms with E-state index in [9.17, 15) is 9.59 Å². The van der Waals surface area contributed by atoms with Crippen LogP contribution in [0, 0.1) is 6.92 Å². The van der Waals surface area contributed by atoms with E-state index in [4.69, 9.17) is 0 Å². The third-order valence-corrected chi connectivity index (χ3v) is 4.22. The van der Waals surface area contributed by atoms with Crippen molar-refractivity contribution in [2.75, 3.05) is 0 Å². The fourth-order valence-corrected chi connectivity index (χ4v) is 3.11. The third-order valence-electron chi connectivity index (χ3n) is 3.40. The molecule has 0 saturated heterocycles. The molecule has 0 radical (unpaired) electrons. The summed E-state index contributed by atoms with van der Waals surface area (Å²) in [6, 6.07) is 3.16. The Kier molecular flexibility index (Phi) is 3.06. The van der Waals surface area contributed by atoms with E-state index in [1.807, 2.05) is 12.3 Å². The molecular formula is C14H14N2O2S. The summed E-state index contributed by atoms with van der Waals surface area (Å²) in [5.41, 5.74) is 2.40. The molecular weight excluding hydrogens is 260 g/mol. The fraction of sp³-hybridized carbons (Fsp3) is 0.357. The van der Waals surface area contributed by atoms with Crippen LogP contribution in [-0.4, -0.2) is 15.3 Å². The van der Waals surface area contributed by atoms with Gasteiger partial charge in [0.2, 0.25) is 0 Å². The molecule has 0 fully saturated rings. The van der Waals surface area contributed by atoms with Crippen LogP contribution in [0.4, 0.5) is 0 Å². The number of nitrogens with zero attached hydrogens (tertiary/aromatic N) is 2. The Bertz CT molecular complexity index is 700. The van der Waals surface area contributed by atoms with Gasteiger partial charge in [-0.2, -0.15) is 0 Å². The van der Waals surface area contributed by atoms with Gasteiger partial charge in [-0.25, -0.2) is 4.98 Å². The number of hydrogen-bond donors (Lipinski definition) is 0. The molecule has 1 aliphatic rings. The van der Waals surface area contributed by atoms with Gasteiger partial charge in [0.15, 0.2) is 5.78 Å². The predicted molar refractivity (Wildman–Crippen MR) is 73.9 cm³/mol. The van der Waals surface area contributed by atoms with Gasteiger partial charge in [0.1, 0.15) is 0 Å². The van der Waals surface area contributed by atoms with E-state index < -0.39 is 0 Å². The number of aryl methyl sites for hydroxylation is 1. The van der Waals surface area contributed by atoms with Crippen LogP contribution in [0.15, 0.2) is 22.3 Å². The number of pyridine rings is 1. The number of aromatic nitrogens is 2. The van der Waals surface area contributed by atoms with Gasteiger partial charge in [0.25, 0.3) is 5.56 Å². The molecule has 0 bridgehead atoms. The Morgan fingerprint density at radius 3 is 2.89 bits per heavy atom. The molecule has 0 aromatic carbocycles. The normalized spacial score (nSPS) is 14.5. The van der Waals surface area contributed by atoms with E-state index >= 15 is 0 Å². The molecule has 2 heterocycles. The van der Waals surface area contributed by atoms with Crippen LogP contribution < -0.4 is 5.56 Å². The van der Waals surface area contributed by atoms with Gasteiger partial charge < -0.3 is 4.57 Å². The number of fused-ring (bicyclic) bond motifs is 1. The van der Waals surface area contributed by atoms with Crippen LogP contribution in [0.2, 0.25) is 0 Å². The van der Waals surface area contributed by atoms with Crippen LogP contribution >= 0.6 is 11.3 Å². The molecule has 4 nitrogen and oxygen atoms in total. The zero-order valence-electron chi connectivity index (χ0n) is 10.7. The van der Waals surface area contributed by atoms with Crippen molar-refractivity contribution in [3.63, 3.8) is 0 Å². The van der Waals surface area contributed by atoms with Gasteiger partial charge in [0, 0.05) is 29.1 Å². The number of hydrogen-bond acceptors (Lipinski definition) is 4. The maximum absolute atomic E-state index is 12.0. The highest BCUT2D eigenvalue weighted by atomic mass is 32.1. The predicted octanol–water partition coefficient (Wildman–Crippen LogP) is 2.18. The minimum atomic E-state index is -0.0564. The topological polar surface area (TPSA) is 52.0 Å². The molecule has 19 heavy (non-hydrogen) atoms. The van der Waals surface area contributed by atoms with Gasteiger partial charge in [0.05, 0.1) is 17.2 Å². The summed E-state index contributed by atoms with van der Waals surface area (Å²) in [5, 5.41) is 2.95. The molecule has 0 N–H and O–H groups in total. The summed E-state index contributed by atoms with van der Waals surface area (Å²) in [6.07, 6.45) is 2.20. The molecule has 2 aromatic heterocycles. The van der Waals surface area contributed by atoms with Crippen molar-refractivity contribution >= 4 is 17.1 Å². The first kappa shape index (κ1) is 12.3. The molecule has 3 rings (SSSR count). The van der Waals surface area contributed by atoms with Crippen LogP contribution in [-0.2, 0) is 13.0 Å². The lowest BCUT2D eigenvalue weighted by Gasteiger charge is -2.19. The number of rotatable bonds is 2. The van der Waals surface area contributed by atoms with Crippen molar-refractivity contribution in [2.45, 2.75) is 32.7 Å². The van der Waals surface area contributed by atoms with Gasteiger partial charge in [-0.15, -0.1) is 11.3 Å². The number of Topliss-reactive ketones (excluding diaryl/α,β-unsaturated/α-hetero) is 1. The molecule has 0 unspecified atom stereocenters.